The van der Waals surface area contributed by atoms with Crippen LogP contribution in [-0.4, -0.2) is 29.4 Å². The number of thioether (sulfide) groups is 1. The molecular weight excluding hydrogens is 306 g/mol. The third-order valence-corrected chi connectivity index (χ3v) is 5.17. The van der Waals surface area contributed by atoms with Gasteiger partial charge in [0.25, 0.3) is 5.91 Å². The third-order valence-electron chi connectivity index (χ3n) is 4.17. The van der Waals surface area contributed by atoms with Crippen molar-refractivity contribution in [3.8, 4) is 0 Å². The van der Waals surface area contributed by atoms with Crippen LogP contribution in [0.4, 0.5) is 0 Å². The van der Waals surface area contributed by atoms with Crippen molar-refractivity contribution in [2.24, 2.45) is 5.92 Å². The van der Waals surface area contributed by atoms with Crippen molar-refractivity contribution >= 4 is 17.7 Å². The Morgan fingerprint density at radius 2 is 2.13 bits per heavy atom. The molecule has 2 N–H and O–H groups in total. The number of benzene rings is 1. The van der Waals surface area contributed by atoms with Crippen molar-refractivity contribution < 1.29 is 9.90 Å². The van der Waals surface area contributed by atoms with Crippen LogP contribution in [0.1, 0.15) is 49.9 Å². The van der Waals surface area contributed by atoms with Gasteiger partial charge in [0, 0.05) is 17.2 Å². The number of rotatable bonds is 6. The van der Waals surface area contributed by atoms with E-state index in [1.165, 1.54) is 5.57 Å². The highest BCUT2D eigenvalue weighted by molar-refractivity contribution is 7.99. The number of amides is 1. The van der Waals surface area contributed by atoms with E-state index < -0.39 is 0 Å². The second kappa shape index (κ2) is 9.14. The van der Waals surface area contributed by atoms with E-state index in [9.17, 15) is 9.90 Å². The summed E-state index contributed by atoms with van der Waals surface area (Å²) in [4.78, 5) is 13.5. The van der Waals surface area contributed by atoms with Gasteiger partial charge in [-0.3, -0.25) is 4.79 Å². The maximum Gasteiger partial charge on any atom is 0.252 e. The molecule has 4 heteroatoms. The Kier molecular flexibility index (Phi) is 7.18. The number of allylic oxidation sites excluding steroid dienone is 1. The predicted octanol–water partition coefficient (Wildman–Crippen LogP) is 4.03. The van der Waals surface area contributed by atoms with Crippen molar-refractivity contribution in [3.05, 3.63) is 41.5 Å². The summed E-state index contributed by atoms with van der Waals surface area (Å²) in [5.74, 6) is 1.26. The van der Waals surface area contributed by atoms with Gasteiger partial charge in [-0.2, -0.15) is 0 Å². The van der Waals surface area contributed by atoms with Crippen LogP contribution < -0.4 is 5.32 Å². The van der Waals surface area contributed by atoms with Crippen LogP contribution in [0.25, 0.3) is 0 Å². The minimum Gasteiger partial charge on any atom is -0.393 e. The maximum atomic E-state index is 12.5. The summed E-state index contributed by atoms with van der Waals surface area (Å²) >= 11 is 1.69. The molecule has 2 unspecified atom stereocenters. The van der Waals surface area contributed by atoms with E-state index in [1.54, 1.807) is 11.8 Å². The van der Waals surface area contributed by atoms with Crippen LogP contribution in [0.3, 0.4) is 0 Å². The highest BCUT2D eigenvalue weighted by Gasteiger charge is 2.21. The van der Waals surface area contributed by atoms with Gasteiger partial charge in [0.2, 0.25) is 0 Å². The van der Waals surface area contributed by atoms with Crippen LogP contribution in [0.2, 0.25) is 0 Å². The van der Waals surface area contributed by atoms with E-state index in [2.05, 4.69) is 25.2 Å². The van der Waals surface area contributed by atoms with Gasteiger partial charge < -0.3 is 10.4 Å². The summed E-state index contributed by atoms with van der Waals surface area (Å²) in [7, 11) is 0. The van der Waals surface area contributed by atoms with Gasteiger partial charge in [0.05, 0.1) is 11.7 Å². The largest absolute Gasteiger partial charge is 0.393 e. The lowest BCUT2D eigenvalue weighted by atomic mass is 9.87. The van der Waals surface area contributed by atoms with E-state index >= 15 is 0 Å². The van der Waals surface area contributed by atoms with Gasteiger partial charge in [0.15, 0.2) is 0 Å². The summed E-state index contributed by atoms with van der Waals surface area (Å²) in [5.41, 5.74) is 2.03. The zero-order valence-electron chi connectivity index (χ0n) is 14.0. The van der Waals surface area contributed by atoms with Gasteiger partial charge in [0.1, 0.15) is 0 Å². The molecule has 1 amide bonds. The van der Waals surface area contributed by atoms with Gasteiger partial charge in [-0.15, -0.1) is 11.8 Å². The Balaban J connectivity index is 1.92. The lowest BCUT2D eigenvalue weighted by Crippen LogP contribution is -2.33. The maximum absolute atomic E-state index is 12.5. The number of carbonyl (C=O) groups is 1. The van der Waals surface area contributed by atoms with E-state index in [0.717, 1.165) is 41.9 Å². The Labute approximate surface area is 143 Å². The number of aliphatic hydroxyl groups excluding tert-OH is 1. The van der Waals surface area contributed by atoms with Crippen LogP contribution in [0.5, 0.6) is 0 Å². The fourth-order valence-electron chi connectivity index (χ4n) is 2.86. The topological polar surface area (TPSA) is 49.3 Å². The zero-order chi connectivity index (χ0) is 16.7. The van der Waals surface area contributed by atoms with E-state index in [1.807, 2.05) is 24.3 Å². The Hall–Kier alpha value is -1.26. The first-order valence-electron chi connectivity index (χ1n) is 8.37. The van der Waals surface area contributed by atoms with Crippen molar-refractivity contribution in [1.29, 1.82) is 0 Å². The molecule has 3 nitrogen and oxygen atoms in total. The molecule has 1 aromatic rings. The van der Waals surface area contributed by atoms with Crippen LogP contribution >= 0.6 is 11.8 Å². The highest BCUT2D eigenvalue weighted by Crippen LogP contribution is 2.25. The summed E-state index contributed by atoms with van der Waals surface area (Å²) in [5, 5.41) is 12.8. The fraction of sp³-hybridized carbons (Fsp3) is 0.526. The van der Waals surface area contributed by atoms with Crippen LogP contribution in [-0.2, 0) is 0 Å². The summed E-state index contributed by atoms with van der Waals surface area (Å²) in [6.07, 6.45) is 5.82. The van der Waals surface area contributed by atoms with E-state index in [0.29, 0.717) is 12.5 Å². The monoisotopic (exact) mass is 333 g/mol. The number of carbonyl (C=O) groups excluding carboxylic acids is 1. The van der Waals surface area contributed by atoms with Crippen LogP contribution in [0, 0.1) is 5.92 Å². The zero-order valence-corrected chi connectivity index (χ0v) is 14.9. The van der Waals surface area contributed by atoms with Crippen molar-refractivity contribution in [3.63, 3.8) is 0 Å². The standard InChI is InChI=1S/C19H27NO2S/c1-14(2)10-11-23-18-9-4-3-8-17(18)19(22)20-13-15-6-5-7-16(21)12-15/h3-4,8-10,15-16,21H,5-7,11-13H2,1-2H3,(H,20,22). The fourth-order valence-corrected chi connectivity index (χ4v) is 3.95. The molecule has 0 saturated heterocycles. The summed E-state index contributed by atoms with van der Waals surface area (Å²) in [6.45, 7) is 4.82. The molecule has 0 radical (unpaired) electrons. The molecule has 0 spiro atoms. The molecule has 23 heavy (non-hydrogen) atoms. The Morgan fingerprint density at radius 1 is 1.35 bits per heavy atom. The molecule has 1 aromatic carbocycles. The first-order chi connectivity index (χ1) is 11.1. The van der Waals surface area contributed by atoms with Crippen molar-refractivity contribution in [1.82, 2.24) is 5.32 Å². The number of hydrogen-bond acceptors (Lipinski definition) is 3. The molecule has 2 rings (SSSR count). The van der Waals surface area contributed by atoms with E-state index in [-0.39, 0.29) is 12.0 Å². The van der Waals surface area contributed by atoms with E-state index in [4.69, 9.17) is 0 Å². The molecule has 1 saturated carbocycles. The minimum atomic E-state index is -0.197. The summed E-state index contributed by atoms with van der Waals surface area (Å²) < 4.78 is 0. The first-order valence-corrected chi connectivity index (χ1v) is 9.36. The molecule has 2 atom stereocenters. The quantitative estimate of drug-likeness (QED) is 0.610. The average Bonchev–Trinajstić information content (AvgIpc) is 2.53. The summed E-state index contributed by atoms with van der Waals surface area (Å²) in [6, 6.07) is 7.77. The average molecular weight is 333 g/mol. The molecule has 1 aliphatic carbocycles. The van der Waals surface area contributed by atoms with Gasteiger partial charge in [-0.25, -0.2) is 0 Å². The molecule has 1 fully saturated rings. The first kappa shape index (κ1) is 18.1. The predicted molar refractivity (Wildman–Crippen MR) is 96.9 cm³/mol. The SMILES string of the molecule is CC(C)=CCSc1ccccc1C(=O)NCC1CCCC(O)C1. The molecule has 0 bridgehead atoms. The molecule has 0 aliphatic heterocycles. The van der Waals surface area contributed by atoms with Crippen molar-refractivity contribution in [2.75, 3.05) is 12.3 Å². The van der Waals surface area contributed by atoms with Crippen LogP contribution in [0.15, 0.2) is 40.8 Å². The molecule has 0 heterocycles. The second-order valence-corrected chi connectivity index (χ2v) is 7.55. The lowest BCUT2D eigenvalue weighted by Gasteiger charge is -2.26. The molecule has 1 aliphatic rings. The molecule has 126 valence electrons. The normalized spacial score (nSPS) is 20.8. The number of hydrogen-bond donors (Lipinski definition) is 2. The number of aliphatic hydroxyl groups is 1. The Bertz CT molecular complexity index is 552. The molecule has 0 aromatic heterocycles. The Morgan fingerprint density at radius 3 is 2.87 bits per heavy atom. The highest BCUT2D eigenvalue weighted by atomic mass is 32.2. The minimum absolute atomic E-state index is 0.00892. The molecular formula is C19H27NO2S. The van der Waals surface area contributed by atoms with Gasteiger partial charge in [-0.1, -0.05) is 30.2 Å². The van der Waals surface area contributed by atoms with Crippen molar-refractivity contribution in [2.45, 2.75) is 50.5 Å². The lowest BCUT2D eigenvalue weighted by molar-refractivity contribution is 0.0871. The third kappa shape index (κ3) is 6.04. The number of nitrogens with one attached hydrogen (secondary N) is 1. The van der Waals surface area contributed by atoms with Gasteiger partial charge in [-0.05, 0) is 51.2 Å². The van der Waals surface area contributed by atoms with Gasteiger partial charge >= 0.3 is 0 Å². The second-order valence-electron chi connectivity index (χ2n) is 6.49. The smallest absolute Gasteiger partial charge is 0.252 e.